The molecule has 1 aliphatic heterocycles. The number of aromatic nitrogens is 2. The molecule has 9 heteroatoms. The highest BCUT2D eigenvalue weighted by Gasteiger charge is 2.30. The molecule has 0 atom stereocenters. The van der Waals surface area contributed by atoms with Crippen molar-refractivity contribution in [1.82, 2.24) is 24.9 Å². The molecule has 2 aliphatic rings. The van der Waals surface area contributed by atoms with E-state index in [1.807, 2.05) is 13.2 Å². The van der Waals surface area contributed by atoms with Gasteiger partial charge in [0, 0.05) is 51.5 Å². The average Bonchev–Trinajstić information content (AvgIpc) is 3.37. The number of carbonyl (C=O) groups excluding carboxylic acids is 1. The second-order valence-electron chi connectivity index (χ2n) is 7.64. The van der Waals surface area contributed by atoms with Crippen LogP contribution in [0.1, 0.15) is 33.6 Å². The first-order valence-electron chi connectivity index (χ1n) is 10.1. The van der Waals surface area contributed by atoms with E-state index in [2.05, 4.69) is 41.0 Å². The number of aliphatic imine (C=N–C) groups is 1. The molecule has 2 fully saturated rings. The van der Waals surface area contributed by atoms with Gasteiger partial charge in [0.25, 0.3) is 0 Å². The molecule has 0 unspecified atom stereocenters. The molecule has 1 aromatic rings. The van der Waals surface area contributed by atoms with Crippen LogP contribution in [0.4, 0.5) is 5.69 Å². The molecule has 1 aromatic heterocycles. The van der Waals surface area contributed by atoms with Gasteiger partial charge in [-0.25, -0.2) is 0 Å². The Kier molecular flexibility index (Phi) is 8.54. The molecule has 158 valence electrons. The van der Waals surface area contributed by atoms with Gasteiger partial charge in [-0.15, -0.1) is 24.0 Å². The van der Waals surface area contributed by atoms with Crippen LogP contribution in [0.25, 0.3) is 0 Å². The van der Waals surface area contributed by atoms with Gasteiger partial charge in [-0.2, -0.15) is 5.10 Å². The standard InChI is InChI=1S/C19H33N7O.HI/c1-5-20-19(21-8-9-25(15(2)3)16-6-7-16)24-10-11-26(18(27)14-24)17-12-22-23(4)13-17;/h12-13,15-16H,5-11,14H2,1-4H3,(H,20,21);1H. The van der Waals surface area contributed by atoms with Crippen molar-refractivity contribution >= 4 is 41.5 Å². The van der Waals surface area contributed by atoms with Crippen molar-refractivity contribution in [3.63, 3.8) is 0 Å². The quantitative estimate of drug-likeness (QED) is 0.347. The third-order valence-corrected chi connectivity index (χ3v) is 5.16. The van der Waals surface area contributed by atoms with Crippen molar-refractivity contribution in [3.05, 3.63) is 12.4 Å². The molecule has 1 aliphatic carbocycles. The fourth-order valence-electron chi connectivity index (χ4n) is 3.64. The van der Waals surface area contributed by atoms with Gasteiger partial charge in [0.1, 0.15) is 6.54 Å². The van der Waals surface area contributed by atoms with Crippen molar-refractivity contribution in [2.24, 2.45) is 12.0 Å². The number of hydrogen-bond acceptors (Lipinski definition) is 4. The largest absolute Gasteiger partial charge is 0.357 e. The fraction of sp³-hybridized carbons (Fsp3) is 0.737. The Morgan fingerprint density at radius 2 is 2.14 bits per heavy atom. The number of guanidine groups is 1. The van der Waals surface area contributed by atoms with Crippen LogP contribution in [0.3, 0.4) is 0 Å². The number of piperazine rings is 1. The molecule has 1 N–H and O–H groups in total. The molecular formula is C19H34IN7O. The van der Waals surface area contributed by atoms with Crippen LogP contribution in [0.2, 0.25) is 0 Å². The summed E-state index contributed by atoms with van der Waals surface area (Å²) in [6, 6.07) is 1.30. The summed E-state index contributed by atoms with van der Waals surface area (Å²) < 4.78 is 1.72. The molecule has 8 nitrogen and oxygen atoms in total. The minimum atomic E-state index is 0. The molecule has 0 radical (unpaired) electrons. The van der Waals surface area contributed by atoms with Crippen molar-refractivity contribution < 1.29 is 4.79 Å². The number of nitrogens with zero attached hydrogens (tertiary/aromatic N) is 6. The third-order valence-electron chi connectivity index (χ3n) is 5.16. The van der Waals surface area contributed by atoms with E-state index >= 15 is 0 Å². The maximum atomic E-state index is 12.6. The molecular weight excluding hydrogens is 469 g/mol. The van der Waals surface area contributed by atoms with Gasteiger partial charge in [-0.05, 0) is 33.6 Å². The number of amides is 1. The predicted molar refractivity (Wildman–Crippen MR) is 123 cm³/mol. The number of hydrogen-bond donors (Lipinski definition) is 1. The van der Waals surface area contributed by atoms with E-state index in [0.717, 1.165) is 43.9 Å². The van der Waals surface area contributed by atoms with Gasteiger partial charge >= 0.3 is 0 Å². The first-order valence-corrected chi connectivity index (χ1v) is 10.1. The molecule has 1 saturated heterocycles. The maximum Gasteiger partial charge on any atom is 0.246 e. The van der Waals surface area contributed by atoms with Crippen LogP contribution >= 0.6 is 24.0 Å². The molecule has 0 spiro atoms. The van der Waals surface area contributed by atoms with Crippen molar-refractivity contribution in [1.29, 1.82) is 0 Å². The summed E-state index contributed by atoms with van der Waals surface area (Å²) in [7, 11) is 1.86. The Hall–Kier alpha value is -1.36. The van der Waals surface area contributed by atoms with E-state index in [9.17, 15) is 4.79 Å². The van der Waals surface area contributed by atoms with Crippen LogP contribution in [-0.2, 0) is 11.8 Å². The van der Waals surface area contributed by atoms with E-state index in [1.54, 1.807) is 15.8 Å². The molecule has 3 rings (SSSR count). The van der Waals surface area contributed by atoms with Gasteiger partial charge in [-0.3, -0.25) is 19.4 Å². The van der Waals surface area contributed by atoms with Gasteiger partial charge in [-0.1, -0.05) is 0 Å². The van der Waals surface area contributed by atoms with E-state index < -0.39 is 0 Å². The fourth-order valence-corrected chi connectivity index (χ4v) is 3.64. The smallest absolute Gasteiger partial charge is 0.246 e. The number of aryl methyl sites for hydroxylation is 1. The highest BCUT2D eigenvalue weighted by atomic mass is 127. The van der Waals surface area contributed by atoms with E-state index in [0.29, 0.717) is 19.1 Å². The molecule has 0 bridgehead atoms. The van der Waals surface area contributed by atoms with Crippen molar-refractivity contribution in [2.75, 3.05) is 44.2 Å². The summed E-state index contributed by atoms with van der Waals surface area (Å²) in [5.41, 5.74) is 0.862. The summed E-state index contributed by atoms with van der Waals surface area (Å²) in [6.45, 7) is 10.9. The van der Waals surface area contributed by atoms with Crippen LogP contribution in [0.15, 0.2) is 17.4 Å². The Balaban J connectivity index is 0.00000280. The lowest BCUT2D eigenvalue weighted by atomic mass is 10.3. The first-order chi connectivity index (χ1) is 13.0. The second kappa shape index (κ2) is 10.4. The number of anilines is 1. The molecule has 0 aromatic carbocycles. The number of nitrogens with one attached hydrogen (secondary N) is 1. The highest BCUT2D eigenvalue weighted by molar-refractivity contribution is 14.0. The normalized spacial score (nSPS) is 18.1. The minimum Gasteiger partial charge on any atom is -0.357 e. The second-order valence-corrected chi connectivity index (χ2v) is 7.64. The molecule has 2 heterocycles. The third kappa shape index (κ3) is 5.82. The number of rotatable bonds is 7. The zero-order chi connectivity index (χ0) is 19.4. The maximum absolute atomic E-state index is 12.6. The molecule has 1 amide bonds. The van der Waals surface area contributed by atoms with Gasteiger partial charge in [0.15, 0.2) is 5.96 Å². The zero-order valence-electron chi connectivity index (χ0n) is 17.5. The Morgan fingerprint density at radius 1 is 1.39 bits per heavy atom. The summed E-state index contributed by atoms with van der Waals surface area (Å²) in [4.78, 5) is 23.9. The first kappa shape index (κ1) is 22.9. The average molecular weight is 503 g/mol. The number of carbonyl (C=O) groups is 1. The van der Waals surface area contributed by atoms with Gasteiger partial charge < -0.3 is 15.1 Å². The monoisotopic (exact) mass is 503 g/mol. The van der Waals surface area contributed by atoms with Crippen LogP contribution < -0.4 is 10.2 Å². The Morgan fingerprint density at radius 3 is 2.68 bits per heavy atom. The van der Waals surface area contributed by atoms with Gasteiger partial charge in [0.05, 0.1) is 18.4 Å². The van der Waals surface area contributed by atoms with Gasteiger partial charge in [0.2, 0.25) is 5.91 Å². The lowest BCUT2D eigenvalue weighted by Crippen LogP contribution is -2.55. The van der Waals surface area contributed by atoms with Crippen LogP contribution in [0.5, 0.6) is 0 Å². The van der Waals surface area contributed by atoms with E-state index in [4.69, 9.17) is 4.99 Å². The minimum absolute atomic E-state index is 0. The summed E-state index contributed by atoms with van der Waals surface area (Å²) >= 11 is 0. The highest BCUT2D eigenvalue weighted by Crippen LogP contribution is 2.28. The molecule has 28 heavy (non-hydrogen) atoms. The van der Waals surface area contributed by atoms with E-state index in [1.165, 1.54) is 12.8 Å². The summed E-state index contributed by atoms with van der Waals surface area (Å²) in [5, 5.41) is 7.52. The van der Waals surface area contributed by atoms with Crippen molar-refractivity contribution in [2.45, 2.75) is 45.7 Å². The Bertz CT molecular complexity index is 669. The lowest BCUT2D eigenvalue weighted by molar-refractivity contribution is -0.120. The summed E-state index contributed by atoms with van der Waals surface area (Å²) in [6.07, 6.45) is 6.25. The Labute approximate surface area is 185 Å². The van der Waals surface area contributed by atoms with Crippen molar-refractivity contribution in [3.8, 4) is 0 Å². The topological polar surface area (TPSA) is 69.0 Å². The number of halogens is 1. The molecule has 1 saturated carbocycles. The van der Waals surface area contributed by atoms with Crippen LogP contribution in [0, 0.1) is 0 Å². The SMILES string of the molecule is CCNC(=NCCN(C(C)C)C1CC1)N1CCN(c2cnn(C)c2)C(=O)C1.I. The zero-order valence-corrected chi connectivity index (χ0v) is 19.8. The van der Waals surface area contributed by atoms with Crippen LogP contribution in [-0.4, -0.2) is 82.8 Å². The predicted octanol–water partition coefficient (Wildman–Crippen LogP) is 1.53. The van der Waals surface area contributed by atoms with E-state index in [-0.39, 0.29) is 29.9 Å². The lowest BCUT2D eigenvalue weighted by Gasteiger charge is -2.35. The summed E-state index contributed by atoms with van der Waals surface area (Å²) in [5.74, 6) is 0.929.